The molecule has 1 amide bonds. The number of sulfonamides is 1. The molecule has 1 saturated carbocycles. The van der Waals surface area contributed by atoms with Crippen LogP contribution in [0.15, 0.2) is 47.4 Å². The first-order chi connectivity index (χ1) is 12.9. The first-order valence-electron chi connectivity index (χ1n) is 8.26. The van der Waals surface area contributed by atoms with Gasteiger partial charge in [0.25, 0.3) is 15.9 Å². The number of rotatable bonds is 8. The lowest BCUT2D eigenvalue weighted by Crippen LogP contribution is -2.30. The van der Waals surface area contributed by atoms with E-state index in [0.717, 1.165) is 12.8 Å². The Balaban J connectivity index is 1.66. The molecule has 0 aromatic heterocycles. The van der Waals surface area contributed by atoms with Gasteiger partial charge in [-0.15, -0.1) is 0 Å². The van der Waals surface area contributed by atoms with Gasteiger partial charge in [-0.05, 0) is 55.3 Å². The van der Waals surface area contributed by atoms with Gasteiger partial charge in [0, 0.05) is 11.7 Å². The number of hydrogen-bond donors (Lipinski definition) is 2. The zero-order valence-corrected chi connectivity index (χ0v) is 16.1. The maximum Gasteiger partial charge on any atom is 0.261 e. The molecule has 0 radical (unpaired) electrons. The van der Waals surface area contributed by atoms with E-state index in [-0.39, 0.29) is 34.2 Å². The molecule has 9 heteroatoms. The number of carbonyl (C=O) groups is 1. The highest BCUT2D eigenvalue weighted by Gasteiger charge is 2.23. The Morgan fingerprint density at radius 2 is 1.89 bits per heavy atom. The smallest absolute Gasteiger partial charge is 0.261 e. The van der Waals surface area contributed by atoms with Crippen molar-refractivity contribution in [2.45, 2.75) is 23.8 Å². The highest BCUT2D eigenvalue weighted by atomic mass is 35.5. The van der Waals surface area contributed by atoms with Crippen LogP contribution in [0.1, 0.15) is 12.8 Å². The van der Waals surface area contributed by atoms with Gasteiger partial charge < -0.3 is 14.8 Å². The van der Waals surface area contributed by atoms with E-state index in [9.17, 15) is 13.2 Å². The molecule has 0 heterocycles. The van der Waals surface area contributed by atoms with Crippen LogP contribution in [0.3, 0.4) is 0 Å². The maximum absolute atomic E-state index is 12.5. The van der Waals surface area contributed by atoms with Crippen LogP contribution in [-0.4, -0.2) is 34.1 Å². The Bertz CT molecular complexity index is 927. The van der Waals surface area contributed by atoms with Crippen molar-refractivity contribution < 1.29 is 22.7 Å². The second kappa shape index (κ2) is 8.06. The molecule has 0 atom stereocenters. The van der Waals surface area contributed by atoms with Crippen molar-refractivity contribution in [2.24, 2.45) is 0 Å². The molecule has 0 spiro atoms. The molecule has 27 heavy (non-hydrogen) atoms. The number of methoxy groups -OCH3 is 1. The molecule has 1 aliphatic carbocycles. The lowest BCUT2D eigenvalue weighted by molar-refractivity contribution is -0.123. The summed E-state index contributed by atoms with van der Waals surface area (Å²) in [6.45, 7) is -0.174. The molecular formula is C18H19ClN2O5S. The van der Waals surface area contributed by atoms with Crippen molar-refractivity contribution in [3.8, 4) is 11.5 Å². The first-order valence-corrected chi connectivity index (χ1v) is 10.1. The largest absolute Gasteiger partial charge is 0.497 e. The number of hydrogen-bond acceptors (Lipinski definition) is 5. The molecule has 144 valence electrons. The van der Waals surface area contributed by atoms with Gasteiger partial charge in [0.2, 0.25) is 0 Å². The van der Waals surface area contributed by atoms with Crippen molar-refractivity contribution >= 4 is 33.2 Å². The fourth-order valence-corrected chi connectivity index (χ4v) is 3.66. The van der Waals surface area contributed by atoms with Crippen molar-refractivity contribution in [1.82, 2.24) is 5.32 Å². The molecule has 7 nitrogen and oxygen atoms in total. The molecule has 2 aromatic rings. The molecule has 0 saturated heterocycles. The van der Waals surface area contributed by atoms with Crippen LogP contribution in [0, 0.1) is 0 Å². The van der Waals surface area contributed by atoms with Gasteiger partial charge in [0.05, 0.1) is 17.0 Å². The summed E-state index contributed by atoms with van der Waals surface area (Å²) in [7, 11) is -2.29. The summed E-state index contributed by atoms with van der Waals surface area (Å²) >= 11 is 6.11. The lowest BCUT2D eigenvalue weighted by Gasteiger charge is -2.11. The molecule has 2 aromatic carbocycles. The van der Waals surface area contributed by atoms with Gasteiger partial charge in [-0.3, -0.25) is 9.52 Å². The van der Waals surface area contributed by atoms with E-state index in [1.165, 1.54) is 25.3 Å². The Morgan fingerprint density at radius 3 is 2.48 bits per heavy atom. The average molecular weight is 411 g/mol. The van der Waals surface area contributed by atoms with E-state index in [1.54, 1.807) is 24.3 Å². The Hall–Kier alpha value is -2.45. The van der Waals surface area contributed by atoms with Crippen LogP contribution in [0.2, 0.25) is 5.02 Å². The standard InChI is InChI=1S/C18H19ClN2O5S/c1-25-14-6-4-13(5-7-14)21-27(23,24)15-8-9-17(16(19)10-15)26-11-18(22)20-12-2-3-12/h4-10,12,21H,2-3,11H2,1H3,(H,20,22). The number of ether oxygens (including phenoxy) is 2. The zero-order chi connectivity index (χ0) is 19.4. The predicted molar refractivity (Wildman–Crippen MR) is 102 cm³/mol. The molecule has 1 aliphatic rings. The summed E-state index contributed by atoms with van der Waals surface area (Å²) in [5, 5.41) is 2.90. The lowest BCUT2D eigenvalue weighted by atomic mass is 10.3. The Labute approximate surface area is 162 Å². The molecular weight excluding hydrogens is 392 g/mol. The van der Waals surface area contributed by atoms with Crippen LogP contribution in [0.4, 0.5) is 5.69 Å². The number of benzene rings is 2. The number of halogens is 1. The maximum atomic E-state index is 12.5. The summed E-state index contributed by atoms with van der Waals surface area (Å²) in [5.41, 5.74) is 0.393. The van der Waals surface area contributed by atoms with E-state index in [2.05, 4.69) is 10.0 Å². The van der Waals surface area contributed by atoms with Crippen LogP contribution in [0.5, 0.6) is 11.5 Å². The molecule has 1 fully saturated rings. The third kappa shape index (κ3) is 5.27. The van der Waals surface area contributed by atoms with Crippen LogP contribution in [0.25, 0.3) is 0 Å². The molecule has 0 unspecified atom stereocenters. The average Bonchev–Trinajstić information content (AvgIpc) is 3.45. The Morgan fingerprint density at radius 1 is 1.19 bits per heavy atom. The van der Waals surface area contributed by atoms with E-state index in [4.69, 9.17) is 21.1 Å². The topological polar surface area (TPSA) is 93.7 Å². The van der Waals surface area contributed by atoms with Gasteiger partial charge in [0.1, 0.15) is 11.5 Å². The minimum Gasteiger partial charge on any atom is -0.497 e. The van der Waals surface area contributed by atoms with Gasteiger partial charge >= 0.3 is 0 Å². The van der Waals surface area contributed by atoms with Gasteiger partial charge in [-0.1, -0.05) is 11.6 Å². The summed E-state index contributed by atoms with van der Waals surface area (Å²) in [6.07, 6.45) is 1.97. The van der Waals surface area contributed by atoms with Gasteiger partial charge in [0.15, 0.2) is 6.61 Å². The van der Waals surface area contributed by atoms with Gasteiger partial charge in [-0.2, -0.15) is 0 Å². The molecule has 2 N–H and O–H groups in total. The van der Waals surface area contributed by atoms with E-state index in [0.29, 0.717) is 11.4 Å². The van der Waals surface area contributed by atoms with E-state index >= 15 is 0 Å². The monoisotopic (exact) mass is 410 g/mol. The second-order valence-electron chi connectivity index (χ2n) is 6.06. The highest BCUT2D eigenvalue weighted by Crippen LogP contribution is 2.28. The second-order valence-corrected chi connectivity index (χ2v) is 8.15. The Kier molecular flexibility index (Phi) is 5.76. The van der Waals surface area contributed by atoms with Crippen LogP contribution < -0.4 is 19.5 Å². The minimum absolute atomic E-state index is 0.0156. The SMILES string of the molecule is COc1ccc(NS(=O)(=O)c2ccc(OCC(=O)NC3CC3)c(Cl)c2)cc1. The van der Waals surface area contributed by atoms with Crippen molar-refractivity contribution in [2.75, 3.05) is 18.4 Å². The first kappa shape index (κ1) is 19.3. The normalized spacial score (nSPS) is 13.7. The van der Waals surface area contributed by atoms with Gasteiger partial charge in [-0.25, -0.2) is 8.42 Å². The third-order valence-electron chi connectivity index (χ3n) is 3.86. The fourth-order valence-electron chi connectivity index (χ4n) is 2.28. The van der Waals surface area contributed by atoms with Crippen LogP contribution in [-0.2, 0) is 14.8 Å². The van der Waals surface area contributed by atoms with Crippen molar-refractivity contribution in [3.63, 3.8) is 0 Å². The highest BCUT2D eigenvalue weighted by molar-refractivity contribution is 7.92. The number of nitrogens with one attached hydrogen (secondary N) is 2. The van der Waals surface area contributed by atoms with Crippen LogP contribution >= 0.6 is 11.6 Å². The van der Waals surface area contributed by atoms with E-state index in [1.807, 2.05) is 0 Å². The van der Waals surface area contributed by atoms with Crippen molar-refractivity contribution in [1.29, 1.82) is 0 Å². The summed E-state index contributed by atoms with van der Waals surface area (Å²) in [5.74, 6) is 0.630. The number of carbonyl (C=O) groups excluding carboxylic acids is 1. The minimum atomic E-state index is -3.82. The van der Waals surface area contributed by atoms with Crippen molar-refractivity contribution in [3.05, 3.63) is 47.5 Å². The summed E-state index contributed by atoms with van der Waals surface area (Å²) < 4.78 is 37.9. The van der Waals surface area contributed by atoms with E-state index < -0.39 is 10.0 Å². The molecule has 3 rings (SSSR count). The zero-order valence-electron chi connectivity index (χ0n) is 14.6. The summed E-state index contributed by atoms with van der Waals surface area (Å²) in [6, 6.07) is 10.8. The number of amides is 1. The molecule has 0 aliphatic heterocycles. The molecule has 0 bridgehead atoms. The fraction of sp³-hybridized carbons (Fsp3) is 0.278. The predicted octanol–water partition coefficient (Wildman–Crippen LogP) is 2.81. The quantitative estimate of drug-likeness (QED) is 0.697. The number of anilines is 1. The third-order valence-corrected chi connectivity index (χ3v) is 5.53. The summed E-state index contributed by atoms with van der Waals surface area (Å²) in [4.78, 5) is 11.6.